The minimum Gasteiger partial charge on any atom is -0.497 e. The molecule has 7 nitrogen and oxygen atoms in total. The van der Waals surface area contributed by atoms with Gasteiger partial charge in [0.2, 0.25) is 5.91 Å². The van der Waals surface area contributed by atoms with Crippen molar-refractivity contribution in [3.63, 3.8) is 0 Å². The van der Waals surface area contributed by atoms with Crippen molar-refractivity contribution < 1.29 is 14.3 Å². The van der Waals surface area contributed by atoms with Crippen LogP contribution in [0, 0.1) is 0 Å². The van der Waals surface area contributed by atoms with Crippen LogP contribution in [0.1, 0.15) is 12.5 Å². The second kappa shape index (κ2) is 8.73. The van der Waals surface area contributed by atoms with Crippen molar-refractivity contribution in [2.75, 3.05) is 19.5 Å². The molecule has 8 heteroatoms. The number of nitrogens with zero attached hydrogens (tertiary/aromatic N) is 2. The third-order valence-corrected chi connectivity index (χ3v) is 5.42. The smallest absolute Gasteiger partial charge is 0.229 e. The summed E-state index contributed by atoms with van der Waals surface area (Å²) in [6.07, 6.45) is 0.181. The van der Waals surface area contributed by atoms with Crippen molar-refractivity contribution in [2.24, 2.45) is 0 Å². The average Bonchev–Trinajstić information content (AvgIpc) is 3.37. The van der Waals surface area contributed by atoms with Crippen molar-refractivity contribution >= 4 is 34.2 Å². The van der Waals surface area contributed by atoms with Gasteiger partial charge in [-0.3, -0.25) is 9.89 Å². The number of aryl methyl sites for hydroxylation is 1. The number of carbonyl (C=O) groups excluding carboxylic acids is 1. The van der Waals surface area contributed by atoms with E-state index in [1.165, 1.54) is 0 Å². The number of methoxy groups -OCH3 is 2. The van der Waals surface area contributed by atoms with Crippen LogP contribution in [0.2, 0.25) is 5.02 Å². The first kappa shape index (κ1) is 20.8. The number of anilines is 1. The van der Waals surface area contributed by atoms with Crippen LogP contribution >= 0.6 is 11.6 Å². The van der Waals surface area contributed by atoms with Crippen molar-refractivity contribution in [2.45, 2.75) is 19.9 Å². The standard InChI is InChI=1S/C23H23ClN4O3/c1-4-28-19-7-6-16(30-2)11-15(19)12-20(28)18-13-22(27-26-18)25-23(29)10-14-5-8-21(31-3)17(24)9-14/h5-9,11-13H,4,10H2,1-3H3,(H2,25,26,27,29). The summed E-state index contributed by atoms with van der Waals surface area (Å²) in [6.45, 7) is 2.89. The van der Waals surface area contributed by atoms with Gasteiger partial charge in [0.05, 0.1) is 37.1 Å². The van der Waals surface area contributed by atoms with E-state index in [-0.39, 0.29) is 12.3 Å². The number of rotatable bonds is 7. The first-order valence-electron chi connectivity index (χ1n) is 9.87. The summed E-state index contributed by atoms with van der Waals surface area (Å²) < 4.78 is 12.7. The first-order chi connectivity index (χ1) is 15.0. The Morgan fingerprint density at radius 2 is 1.97 bits per heavy atom. The number of benzene rings is 2. The summed E-state index contributed by atoms with van der Waals surface area (Å²) in [5, 5.41) is 11.7. The summed E-state index contributed by atoms with van der Waals surface area (Å²) in [7, 11) is 3.21. The highest BCUT2D eigenvalue weighted by Gasteiger charge is 2.14. The van der Waals surface area contributed by atoms with Gasteiger partial charge in [-0.15, -0.1) is 0 Å². The molecular formula is C23H23ClN4O3. The van der Waals surface area contributed by atoms with E-state index < -0.39 is 0 Å². The SMILES string of the molecule is CCn1c(-c2cc(NC(=O)Cc3ccc(OC)c(Cl)c3)n[nH]2)cc2cc(OC)ccc21. The molecule has 0 spiro atoms. The molecule has 2 N–H and O–H groups in total. The quantitative estimate of drug-likeness (QED) is 0.430. The number of nitrogens with one attached hydrogen (secondary N) is 2. The molecule has 1 amide bonds. The number of aromatic amines is 1. The number of hydrogen-bond acceptors (Lipinski definition) is 4. The second-order valence-electron chi connectivity index (χ2n) is 7.06. The minimum atomic E-state index is -0.181. The Labute approximate surface area is 184 Å². The number of aromatic nitrogens is 3. The summed E-state index contributed by atoms with van der Waals surface area (Å²) in [5.74, 6) is 1.67. The molecule has 160 valence electrons. The molecule has 0 aliphatic heterocycles. The summed E-state index contributed by atoms with van der Waals surface area (Å²) in [6, 6.07) is 15.2. The Morgan fingerprint density at radius 3 is 2.68 bits per heavy atom. The van der Waals surface area contributed by atoms with Crippen LogP contribution < -0.4 is 14.8 Å². The van der Waals surface area contributed by atoms with Crippen molar-refractivity contribution in [1.29, 1.82) is 0 Å². The lowest BCUT2D eigenvalue weighted by Crippen LogP contribution is -2.14. The highest BCUT2D eigenvalue weighted by molar-refractivity contribution is 6.32. The van der Waals surface area contributed by atoms with Crippen LogP contribution in [0.15, 0.2) is 48.5 Å². The minimum absolute atomic E-state index is 0.181. The van der Waals surface area contributed by atoms with Gasteiger partial charge in [-0.2, -0.15) is 5.10 Å². The van der Waals surface area contributed by atoms with E-state index in [0.29, 0.717) is 16.6 Å². The number of halogens is 1. The molecular weight excluding hydrogens is 416 g/mol. The highest BCUT2D eigenvalue weighted by Crippen LogP contribution is 2.31. The van der Waals surface area contributed by atoms with Gasteiger partial charge in [0, 0.05) is 23.5 Å². The van der Waals surface area contributed by atoms with Crippen molar-refractivity contribution in [1.82, 2.24) is 14.8 Å². The van der Waals surface area contributed by atoms with Gasteiger partial charge in [-0.05, 0) is 48.9 Å². The molecule has 0 bridgehead atoms. The zero-order valence-corrected chi connectivity index (χ0v) is 18.3. The van der Waals surface area contributed by atoms with E-state index in [1.54, 1.807) is 26.4 Å². The Morgan fingerprint density at radius 1 is 1.13 bits per heavy atom. The zero-order chi connectivity index (χ0) is 22.0. The lowest BCUT2D eigenvalue weighted by atomic mass is 10.1. The first-order valence-corrected chi connectivity index (χ1v) is 10.3. The number of hydrogen-bond donors (Lipinski definition) is 2. The Kier molecular flexibility index (Phi) is 5.86. The molecule has 4 aromatic rings. The fourth-order valence-corrected chi connectivity index (χ4v) is 3.93. The van der Waals surface area contributed by atoms with Gasteiger partial charge >= 0.3 is 0 Å². The number of H-pyrrole nitrogens is 1. The zero-order valence-electron chi connectivity index (χ0n) is 17.5. The molecule has 0 aliphatic carbocycles. The van der Waals surface area contributed by atoms with Gasteiger partial charge < -0.3 is 19.4 Å². The van der Waals surface area contributed by atoms with Gasteiger partial charge in [0.25, 0.3) is 0 Å². The normalized spacial score (nSPS) is 11.0. The van der Waals surface area contributed by atoms with Crippen LogP contribution in [-0.2, 0) is 17.8 Å². The third-order valence-electron chi connectivity index (χ3n) is 5.13. The maximum Gasteiger partial charge on any atom is 0.229 e. The second-order valence-corrected chi connectivity index (χ2v) is 7.47. The molecule has 4 rings (SSSR count). The van der Waals surface area contributed by atoms with E-state index in [1.807, 2.05) is 30.3 Å². The van der Waals surface area contributed by atoms with Crippen LogP contribution in [-0.4, -0.2) is 34.9 Å². The fraction of sp³-hybridized carbons (Fsp3) is 0.217. The molecule has 31 heavy (non-hydrogen) atoms. The Balaban J connectivity index is 1.53. The summed E-state index contributed by atoms with van der Waals surface area (Å²) in [4.78, 5) is 12.5. The lowest BCUT2D eigenvalue weighted by Gasteiger charge is -2.06. The van der Waals surface area contributed by atoms with Crippen LogP contribution in [0.4, 0.5) is 5.82 Å². The molecule has 0 fully saturated rings. The predicted molar refractivity (Wildman–Crippen MR) is 122 cm³/mol. The summed E-state index contributed by atoms with van der Waals surface area (Å²) in [5.41, 5.74) is 3.70. The molecule has 0 saturated heterocycles. The van der Waals surface area contributed by atoms with Gasteiger partial charge in [0.15, 0.2) is 5.82 Å². The molecule has 0 aliphatic rings. The topological polar surface area (TPSA) is 81.2 Å². The summed E-state index contributed by atoms with van der Waals surface area (Å²) >= 11 is 6.14. The van der Waals surface area contributed by atoms with E-state index in [2.05, 4.69) is 33.1 Å². The van der Waals surface area contributed by atoms with E-state index in [0.717, 1.165) is 40.1 Å². The molecule has 0 radical (unpaired) electrons. The van der Waals surface area contributed by atoms with Crippen LogP contribution in [0.3, 0.4) is 0 Å². The molecule has 2 aromatic carbocycles. The van der Waals surface area contributed by atoms with E-state index in [9.17, 15) is 4.79 Å². The number of ether oxygens (including phenoxy) is 2. The molecule has 0 unspecified atom stereocenters. The molecule has 2 heterocycles. The molecule has 2 aromatic heterocycles. The van der Waals surface area contributed by atoms with E-state index >= 15 is 0 Å². The van der Waals surface area contributed by atoms with Gasteiger partial charge in [-0.25, -0.2) is 0 Å². The number of carbonyl (C=O) groups is 1. The highest BCUT2D eigenvalue weighted by atomic mass is 35.5. The molecule has 0 saturated carbocycles. The lowest BCUT2D eigenvalue weighted by molar-refractivity contribution is -0.115. The van der Waals surface area contributed by atoms with Gasteiger partial charge in [0.1, 0.15) is 11.5 Å². The Hall–Kier alpha value is -3.45. The van der Waals surface area contributed by atoms with Crippen molar-refractivity contribution in [3.05, 3.63) is 59.1 Å². The maximum atomic E-state index is 12.5. The fourth-order valence-electron chi connectivity index (χ4n) is 3.65. The van der Waals surface area contributed by atoms with E-state index in [4.69, 9.17) is 21.1 Å². The largest absolute Gasteiger partial charge is 0.497 e. The van der Waals surface area contributed by atoms with Crippen LogP contribution in [0.5, 0.6) is 11.5 Å². The number of fused-ring (bicyclic) bond motifs is 1. The van der Waals surface area contributed by atoms with Gasteiger partial charge in [-0.1, -0.05) is 17.7 Å². The predicted octanol–water partition coefficient (Wildman–Crippen LogP) is 4.90. The van der Waals surface area contributed by atoms with Crippen molar-refractivity contribution in [3.8, 4) is 22.9 Å². The Bertz CT molecular complexity index is 1250. The molecule has 0 atom stereocenters. The monoisotopic (exact) mass is 438 g/mol. The van der Waals surface area contributed by atoms with Crippen LogP contribution in [0.25, 0.3) is 22.3 Å². The number of amides is 1. The third kappa shape index (κ3) is 4.22. The average molecular weight is 439 g/mol. The maximum absolute atomic E-state index is 12.5.